The van der Waals surface area contributed by atoms with E-state index in [1.165, 1.54) is 6.42 Å². The van der Waals surface area contributed by atoms with E-state index in [4.69, 9.17) is 0 Å². The standard InChI is InChI=1S/C14H25BrN4/c1-6-11(4)19(5)8-7-16-13-9-12(15)17-14(18-13)10(2)3/h9-11H,6-8H2,1-5H3,(H,16,17,18). The molecule has 0 radical (unpaired) electrons. The van der Waals surface area contributed by atoms with Crippen LogP contribution in [0.2, 0.25) is 0 Å². The van der Waals surface area contributed by atoms with Gasteiger partial charge in [-0.15, -0.1) is 0 Å². The van der Waals surface area contributed by atoms with Crippen LogP contribution in [0.25, 0.3) is 0 Å². The lowest BCUT2D eigenvalue weighted by Gasteiger charge is -2.23. The fraction of sp³-hybridized carbons (Fsp3) is 0.714. The zero-order valence-electron chi connectivity index (χ0n) is 12.6. The molecule has 0 amide bonds. The maximum absolute atomic E-state index is 4.52. The average molecular weight is 329 g/mol. The van der Waals surface area contributed by atoms with Crippen molar-refractivity contribution < 1.29 is 0 Å². The molecule has 0 spiro atoms. The molecular weight excluding hydrogens is 304 g/mol. The summed E-state index contributed by atoms with van der Waals surface area (Å²) in [5.41, 5.74) is 0. The Labute approximate surface area is 125 Å². The van der Waals surface area contributed by atoms with Crippen molar-refractivity contribution in [1.82, 2.24) is 14.9 Å². The van der Waals surface area contributed by atoms with Gasteiger partial charge in [-0.25, -0.2) is 9.97 Å². The normalized spacial score (nSPS) is 13.1. The highest BCUT2D eigenvalue weighted by molar-refractivity contribution is 9.10. The van der Waals surface area contributed by atoms with Crippen molar-refractivity contribution in [3.63, 3.8) is 0 Å². The molecule has 0 aliphatic heterocycles. The molecular formula is C14H25BrN4. The van der Waals surface area contributed by atoms with E-state index in [2.05, 4.69) is 70.9 Å². The lowest BCUT2D eigenvalue weighted by atomic mass is 10.2. The minimum Gasteiger partial charge on any atom is -0.369 e. The Morgan fingerprint density at radius 2 is 2.00 bits per heavy atom. The van der Waals surface area contributed by atoms with E-state index >= 15 is 0 Å². The fourth-order valence-electron chi connectivity index (χ4n) is 1.68. The molecule has 0 bridgehead atoms. The number of nitrogens with zero attached hydrogens (tertiary/aromatic N) is 3. The number of nitrogens with one attached hydrogen (secondary N) is 1. The van der Waals surface area contributed by atoms with Gasteiger partial charge < -0.3 is 10.2 Å². The molecule has 0 aromatic carbocycles. The number of hydrogen-bond acceptors (Lipinski definition) is 4. The van der Waals surface area contributed by atoms with Crippen molar-refractivity contribution in [3.05, 3.63) is 16.5 Å². The summed E-state index contributed by atoms with van der Waals surface area (Å²) >= 11 is 3.44. The predicted octanol–water partition coefficient (Wildman–Crippen LogP) is 3.50. The summed E-state index contributed by atoms with van der Waals surface area (Å²) in [4.78, 5) is 11.3. The van der Waals surface area contributed by atoms with Crippen molar-refractivity contribution in [2.24, 2.45) is 0 Å². The maximum atomic E-state index is 4.52. The minimum atomic E-state index is 0.334. The molecule has 4 nitrogen and oxygen atoms in total. The van der Waals surface area contributed by atoms with Crippen LogP contribution in [0.3, 0.4) is 0 Å². The zero-order valence-corrected chi connectivity index (χ0v) is 14.2. The number of rotatable bonds is 7. The first kappa shape index (κ1) is 16.4. The first-order chi connectivity index (χ1) is 8.93. The fourth-order valence-corrected chi connectivity index (χ4v) is 2.07. The molecule has 1 aromatic heterocycles. The van der Waals surface area contributed by atoms with E-state index < -0.39 is 0 Å². The molecule has 19 heavy (non-hydrogen) atoms. The number of aromatic nitrogens is 2. The Balaban J connectivity index is 2.54. The van der Waals surface area contributed by atoms with Crippen LogP contribution >= 0.6 is 15.9 Å². The van der Waals surface area contributed by atoms with Gasteiger partial charge in [-0.2, -0.15) is 0 Å². The summed E-state index contributed by atoms with van der Waals surface area (Å²) in [6.45, 7) is 10.6. The molecule has 0 aliphatic rings. The van der Waals surface area contributed by atoms with Gasteiger partial charge in [0.1, 0.15) is 16.2 Å². The molecule has 0 aliphatic carbocycles. The van der Waals surface area contributed by atoms with Crippen molar-refractivity contribution in [2.75, 3.05) is 25.5 Å². The molecule has 1 atom stereocenters. The van der Waals surface area contributed by atoms with Gasteiger partial charge in [-0.05, 0) is 36.3 Å². The van der Waals surface area contributed by atoms with Crippen LogP contribution in [0.4, 0.5) is 5.82 Å². The van der Waals surface area contributed by atoms with Crippen molar-refractivity contribution in [2.45, 2.75) is 46.1 Å². The summed E-state index contributed by atoms with van der Waals surface area (Å²) in [6, 6.07) is 2.54. The second-order valence-corrected chi connectivity index (χ2v) is 6.07. The predicted molar refractivity (Wildman–Crippen MR) is 84.7 cm³/mol. The first-order valence-corrected chi connectivity index (χ1v) is 7.72. The van der Waals surface area contributed by atoms with Gasteiger partial charge in [-0.3, -0.25) is 0 Å². The van der Waals surface area contributed by atoms with Crippen LogP contribution in [-0.2, 0) is 0 Å². The van der Waals surface area contributed by atoms with Crippen LogP contribution < -0.4 is 5.32 Å². The third kappa shape index (κ3) is 5.45. The Hall–Kier alpha value is -0.680. The molecule has 108 valence electrons. The van der Waals surface area contributed by atoms with Crippen LogP contribution in [0.15, 0.2) is 10.7 Å². The number of halogens is 1. The minimum absolute atomic E-state index is 0.334. The van der Waals surface area contributed by atoms with Crippen LogP contribution in [-0.4, -0.2) is 41.0 Å². The van der Waals surface area contributed by atoms with Crippen LogP contribution in [0, 0.1) is 0 Å². The van der Waals surface area contributed by atoms with Crippen LogP contribution in [0.5, 0.6) is 0 Å². The Morgan fingerprint density at radius 3 is 2.58 bits per heavy atom. The van der Waals surface area contributed by atoms with Gasteiger partial charge in [0.15, 0.2) is 0 Å². The van der Waals surface area contributed by atoms with Gasteiger partial charge >= 0.3 is 0 Å². The van der Waals surface area contributed by atoms with Crippen molar-refractivity contribution in [3.8, 4) is 0 Å². The summed E-state index contributed by atoms with van der Waals surface area (Å²) in [7, 11) is 2.16. The van der Waals surface area contributed by atoms with Gasteiger partial charge in [0, 0.05) is 31.1 Å². The third-order valence-corrected chi connectivity index (χ3v) is 3.75. The van der Waals surface area contributed by atoms with E-state index in [9.17, 15) is 0 Å². The summed E-state index contributed by atoms with van der Waals surface area (Å²) in [5.74, 6) is 2.09. The number of anilines is 1. The molecule has 1 heterocycles. The highest BCUT2D eigenvalue weighted by atomic mass is 79.9. The molecule has 1 aromatic rings. The smallest absolute Gasteiger partial charge is 0.134 e. The summed E-state index contributed by atoms with van der Waals surface area (Å²) in [5, 5.41) is 3.37. The molecule has 1 unspecified atom stereocenters. The molecule has 5 heteroatoms. The van der Waals surface area contributed by atoms with Crippen molar-refractivity contribution >= 4 is 21.7 Å². The number of hydrogen-bond donors (Lipinski definition) is 1. The highest BCUT2D eigenvalue weighted by Gasteiger charge is 2.08. The Kier molecular flexibility index (Phi) is 6.72. The molecule has 0 saturated carbocycles. The second kappa shape index (κ2) is 7.80. The van der Waals surface area contributed by atoms with Gasteiger partial charge in [0.05, 0.1) is 0 Å². The molecule has 0 fully saturated rings. The largest absolute Gasteiger partial charge is 0.369 e. The van der Waals surface area contributed by atoms with Gasteiger partial charge in [0.25, 0.3) is 0 Å². The lowest BCUT2D eigenvalue weighted by Crippen LogP contribution is -2.32. The Bertz CT molecular complexity index is 395. The van der Waals surface area contributed by atoms with E-state index in [1.807, 2.05) is 6.07 Å². The molecule has 0 saturated heterocycles. The van der Waals surface area contributed by atoms with E-state index in [-0.39, 0.29) is 0 Å². The van der Waals surface area contributed by atoms with Crippen molar-refractivity contribution in [1.29, 1.82) is 0 Å². The van der Waals surface area contributed by atoms with Crippen LogP contribution in [0.1, 0.15) is 45.9 Å². The Morgan fingerprint density at radius 1 is 1.32 bits per heavy atom. The number of likely N-dealkylation sites (N-methyl/N-ethyl adjacent to an activating group) is 1. The topological polar surface area (TPSA) is 41.0 Å². The average Bonchev–Trinajstić information content (AvgIpc) is 2.36. The van der Waals surface area contributed by atoms with E-state index in [1.54, 1.807) is 0 Å². The first-order valence-electron chi connectivity index (χ1n) is 6.92. The monoisotopic (exact) mass is 328 g/mol. The maximum Gasteiger partial charge on any atom is 0.134 e. The second-order valence-electron chi connectivity index (χ2n) is 5.25. The molecule has 1 N–H and O–H groups in total. The highest BCUT2D eigenvalue weighted by Crippen LogP contribution is 2.17. The summed E-state index contributed by atoms with van der Waals surface area (Å²) in [6.07, 6.45) is 1.17. The lowest BCUT2D eigenvalue weighted by molar-refractivity contribution is 0.261. The van der Waals surface area contributed by atoms with Gasteiger partial charge in [0.2, 0.25) is 0 Å². The van der Waals surface area contributed by atoms with E-state index in [0.29, 0.717) is 12.0 Å². The summed E-state index contributed by atoms with van der Waals surface area (Å²) < 4.78 is 0.837. The third-order valence-electron chi connectivity index (χ3n) is 3.34. The molecule has 1 rings (SSSR count). The quantitative estimate of drug-likeness (QED) is 0.778. The van der Waals surface area contributed by atoms with E-state index in [0.717, 1.165) is 29.3 Å². The SMILES string of the molecule is CCC(C)N(C)CCNc1cc(Br)nc(C(C)C)n1. The van der Waals surface area contributed by atoms with Gasteiger partial charge in [-0.1, -0.05) is 20.8 Å². The zero-order chi connectivity index (χ0) is 14.4.